The number of hydrogen-bond acceptors (Lipinski definition) is 5. The van der Waals surface area contributed by atoms with Gasteiger partial charge in [-0.05, 0) is 12.1 Å². The lowest BCUT2D eigenvalue weighted by Crippen LogP contribution is -2.15. The second-order valence-electron chi connectivity index (χ2n) is 3.35. The molecule has 0 saturated carbocycles. The molecule has 5 nitrogen and oxygen atoms in total. The Morgan fingerprint density at radius 3 is 2.88 bits per heavy atom. The average Bonchev–Trinajstić information content (AvgIpc) is 2.81. The van der Waals surface area contributed by atoms with Crippen LogP contribution in [0.4, 0.5) is 0 Å². The zero-order chi connectivity index (χ0) is 12.4. The first kappa shape index (κ1) is 12.3. The monoisotopic (exact) mass is 273 g/mol. The minimum Gasteiger partial charge on any atom is -0.394 e. The van der Waals surface area contributed by atoms with E-state index in [0.717, 1.165) is 0 Å². The second-order valence-corrected chi connectivity index (χ2v) is 4.13. The van der Waals surface area contributed by atoms with Crippen LogP contribution in [0.15, 0.2) is 22.7 Å². The Morgan fingerprint density at radius 2 is 2.18 bits per heavy atom. The predicted octanol–water partition coefficient (Wildman–Crippen LogP) is 2.04. The van der Waals surface area contributed by atoms with E-state index in [4.69, 9.17) is 38.6 Å². The van der Waals surface area contributed by atoms with Crippen molar-refractivity contribution in [1.82, 2.24) is 10.1 Å². The number of benzene rings is 1. The molecule has 0 fully saturated rings. The topological polar surface area (TPSA) is 85.2 Å². The average molecular weight is 274 g/mol. The first-order chi connectivity index (χ1) is 8.13. The Labute approximate surface area is 107 Å². The van der Waals surface area contributed by atoms with Crippen molar-refractivity contribution in [1.29, 1.82) is 0 Å². The Kier molecular flexibility index (Phi) is 3.63. The predicted molar refractivity (Wildman–Crippen MR) is 63.8 cm³/mol. The summed E-state index contributed by atoms with van der Waals surface area (Å²) in [6.07, 6.45) is 0. The Hall–Kier alpha value is -1.14. The molecular formula is C10H9Cl2N3O2. The minimum absolute atomic E-state index is 0.219. The maximum absolute atomic E-state index is 8.87. The lowest BCUT2D eigenvalue weighted by Gasteiger charge is -2.00. The number of aromatic nitrogens is 2. The minimum atomic E-state index is -0.676. The Balaban J connectivity index is 2.40. The molecule has 7 heteroatoms. The standard InChI is InChI=1S/C10H9Cl2N3O2/c11-6-3-1-2-5(8(6)12)10-14-9(15-17-10)7(13)4-16/h1-3,7,16H,4,13H2. The number of halogens is 2. The van der Waals surface area contributed by atoms with Crippen molar-refractivity contribution in [2.24, 2.45) is 5.73 Å². The molecule has 3 N–H and O–H groups in total. The van der Waals surface area contributed by atoms with Crippen LogP contribution in [0.25, 0.3) is 11.5 Å². The number of rotatable bonds is 3. The van der Waals surface area contributed by atoms with Gasteiger partial charge in [0.1, 0.15) is 0 Å². The van der Waals surface area contributed by atoms with Crippen LogP contribution in [0.5, 0.6) is 0 Å². The van der Waals surface area contributed by atoms with Gasteiger partial charge in [0.05, 0.1) is 28.3 Å². The third kappa shape index (κ3) is 2.42. The Morgan fingerprint density at radius 1 is 1.41 bits per heavy atom. The molecule has 0 bridgehead atoms. The highest BCUT2D eigenvalue weighted by Crippen LogP contribution is 2.32. The molecular weight excluding hydrogens is 265 g/mol. The van der Waals surface area contributed by atoms with Gasteiger partial charge in [-0.2, -0.15) is 4.98 Å². The number of hydrogen-bond donors (Lipinski definition) is 2. The van der Waals surface area contributed by atoms with Crippen LogP contribution in [-0.4, -0.2) is 21.9 Å². The van der Waals surface area contributed by atoms with E-state index in [9.17, 15) is 0 Å². The Bertz CT molecular complexity index is 530. The first-order valence-corrected chi connectivity index (χ1v) is 5.53. The largest absolute Gasteiger partial charge is 0.394 e. The molecule has 1 heterocycles. The molecule has 1 aromatic heterocycles. The van der Waals surface area contributed by atoms with Gasteiger partial charge in [-0.3, -0.25) is 0 Å². The summed E-state index contributed by atoms with van der Waals surface area (Å²) in [7, 11) is 0. The van der Waals surface area contributed by atoms with Crippen LogP contribution in [0.2, 0.25) is 10.0 Å². The van der Waals surface area contributed by atoms with Gasteiger partial charge < -0.3 is 15.4 Å². The maximum atomic E-state index is 8.87. The fraction of sp³-hybridized carbons (Fsp3) is 0.200. The van der Waals surface area contributed by atoms with Gasteiger partial charge in [-0.25, -0.2) is 0 Å². The SMILES string of the molecule is NC(CO)c1noc(-c2cccc(Cl)c2Cl)n1. The lowest BCUT2D eigenvalue weighted by molar-refractivity contribution is 0.260. The molecule has 0 aliphatic heterocycles. The van der Waals surface area contributed by atoms with Crippen molar-refractivity contribution in [2.75, 3.05) is 6.61 Å². The van der Waals surface area contributed by atoms with Gasteiger partial charge in [-0.15, -0.1) is 0 Å². The third-order valence-electron chi connectivity index (χ3n) is 2.15. The van der Waals surface area contributed by atoms with E-state index in [0.29, 0.717) is 15.6 Å². The zero-order valence-electron chi connectivity index (χ0n) is 8.60. The van der Waals surface area contributed by atoms with E-state index in [1.54, 1.807) is 18.2 Å². The van der Waals surface area contributed by atoms with Gasteiger partial charge in [0.15, 0.2) is 5.82 Å². The molecule has 0 amide bonds. The normalized spacial score (nSPS) is 12.7. The smallest absolute Gasteiger partial charge is 0.259 e. The van der Waals surface area contributed by atoms with Crippen LogP contribution in [-0.2, 0) is 0 Å². The molecule has 0 saturated heterocycles. The van der Waals surface area contributed by atoms with E-state index in [-0.39, 0.29) is 18.3 Å². The summed E-state index contributed by atoms with van der Waals surface area (Å²) in [5.41, 5.74) is 6.09. The van der Waals surface area contributed by atoms with Crippen LogP contribution in [0.3, 0.4) is 0 Å². The molecule has 0 spiro atoms. The van der Waals surface area contributed by atoms with E-state index in [1.807, 2.05) is 0 Å². The zero-order valence-corrected chi connectivity index (χ0v) is 10.1. The highest BCUT2D eigenvalue weighted by molar-refractivity contribution is 6.43. The van der Waals surface area contributed by atoms with Crippen molar-refractivity contribution in [3.8, 4) is 11.5 Å². The number of nitrogens with zero attached hydrogens (tertiary/aromatic N) is 2. The summed E-state index contributed by atoms with van der Waals surface area (Å²) in [6.45, 7) is -0.262. The molecule has 1 aromatic carbocycles. The molecule has 1 atom stereocenters. The van der Waals surface area contributed by atoms with Gasteiger partial charge in [0.2, 0.25) is 0 Å². The van der Waals surface area contributed by atoms with Gasteiger partial charge >= 0.3 is 0 Å². The maximum Gasteiger partial charge on any atom is 0.259 e. The highest BCUT2D eigenvalue weighted by Gasteiger charge is 2.17. The van der Waals surface area contributed by atoms with E-state index >= 15 is 0 Å². The van der Waals surface area contributed by atoms with Crippen molar-refractivity contribution in [3.05, 3.63) is 34.1 Å². The van der Waals surface area contributed by atoms with Crippen molar-refractivity contribution in [2.45, 2.75) is 6.04 Å². The number of aliphatic hydroxyl groups is 1. The molecule has 2 aromatic rings. The molecule has 0 radical (unpaired) electrons. The van der Waals surface area contributed by atoms with E-state index < -0.39 is 6.04 Å². The van der Waals surface area contributed by atoms with Crippen molar-refractivity contribution < 1.29 is 9.63 Å². The number of nitrogens with two attached hydrogens (primary N) is 1. The fourth-order valence-electron chi connectivity index (χ4n) is 1.25. The molecule has 2 rings (SSSR count). The first-order valence-electron chi connectivity index (χ1n) is 4.78. The quantitative estimate of drug-likeness (QED) is 0.894. The summed E-state index contributed by atoms with van der Waals surface area (Å²) in [6, 6.07) is 4.41. The van der Waals surface area contributed by atoms with Crippen molar-refractivity contribution >= 4 is 23.2 Å². The van der Waals surface area contributed by atoms with Gasteiger partial charge in [0, 0.05) is 0 Å². The number of aliphatic hydroxyl groups excluding tert-OH is 1. The van der Waals surface area contributed by atoms with E-state index in [2.05, 4.69) is 10.1 Å². The van der Waals surface area contributed by atoms with Crippen LogP contribution < -0.4 is 5.73 Å². The van der Waals surface area contributed by atoms with Crippen LogP contribution in [0.1, 0.15) is 11.9 Å². The van der Waals surface area contributed by atoms with Gasteiger partial charge in [0.25, 0.3) is 5.89 Å². The fourth-order valence-corrected chi connectivity index (χ4v) is 1.63. The van der Waals surface area contributed by atoms with Crippen LogP contribution in [0, 0.1) is 0 Å². The lowest BCUT2D eigenvalue weighted by atomic mass is 10.2. The molecule has 0 aliphatic carbocycles. The van der Waals surface area contributed by atoms with Crippen LogP contribution >= 0.6 is 23.2 Å². The molecule has 0 aliphatic rings. The summed E-state index contributed by atoms with van der Waals surface area (Å²) < 4.78 is 5.01. The summed E-state index contributed by atoms with van der Waals surface area (Å²) in [4.78, 5) is 4.05. The van der Waals surface area contributed by atoms with E-state index in [1.165, 1.54) is 0 Å². The highest BCUT2D eigenvalue weighted by atomic mass is 35.5. The third-order valence-corrected chi connectivity index (χ3v) is 2.97. The summed E-state index contributed by atoms with van der Waals surface area (Å²) in [5, 5.41) is 13.3. The molecule has 17 heavy (non-hydrogen) atoms. The summed E-state index contributed by atoms with van der Waals surface area (Å²) >= 11 is 11.9. The van der Waals surface area contributed by atoms with Crippen molar-refractivity contribution in [3.63, 3.8) is 0 Å². The molecule has 1 unspecified atom stereocenters. The van der Waals surface area contributed by atoms with Gasteiger partial charge in [-0.1, -0.05) is 34.4 Å². The molecule has 90 valence electrons. The second kappa shape index (κ2) is 5.01. The summed E-state index contributed by atoms with van der Waals surface area (Å²) in [5.74, 6) is 0.440.